The Morgan fingerprint density at radius 2 is 1.87 bits per heavy atom. The lowest BCUT2D eigenvalue weighted by Crippen LogP contribution is -2.08. The predicted octanol–water partition coefficient (Wildman–Crippen LogP) is 3.49. The molecular weight excluding hydrogens is 184 g/mol. The van der Waals surface area contributed by atoms with Crippen molar-refractivity contribution < 1.29 is 4.74 Å². The molecular formula is C14H24O. The summed E-state index contributed by atoms with van der Waals surface area (Å²) in [5, 5.41) is 0. The lowest BCUT2D eigenvalue weighted by atomic mass is 10.1. The van der Waals surface area contributed by atoms with Crippen LogP contribution in [-0.4, -0.2) is 12.2 Å². The van der Waals surface area contributed by atoms with E-state index in [0.717, 1.165) is 6.42 Å². The van der Waals surface area contributed by atoms with Gasteiger partial charge in [0.2, 0.25) is 0 Å². The second kappa shape index (κ2) is 4.58. The molecule has 86 valence electrons. The average Bonchev–Trinajstić information content (AvgIpc) is 2.63. The van der Waals surface area contributed by atoms with Crippen molar-refractivity contribution in [2.24, 2.45) is 17.3 Å². The van der Waals surface area contributed by atoms with E-state index in [2.05, 4.69) is 53.4 Å². The lowest BCUT2D eigenvalue weighted by Gasteiger charge is -2.07. The van der Waals surface area contributed by atoms with Crippen molar-refractivity contribution in [3.05, 3.63) is 0 Å². The van der Waals surface area contributed by atoms with Gasteiger partial charge in [-0.2, -0.15) is 0 Å². The van der Waals surface area contributed by atoms with Gasteiger partial charge in [-0.25, -0.2) is 0 Å². The number of ether oxygens (including phenoxy) is 1. The molecule has 1 saturated carbocycles. The molecule has 0 aromatic heterocycles. The molecule has 0 aromatic carbocycles. The van der Waals surface area contributed by atoms with Gasteiger partial charge in [0.1, 0.15) is 0 Å². The highest BCUT2D eigenvalue weighted by molar-refractivity contribution is 5.24. The zero-order valence-electron chi connectivity index (χ0n) is 10.9. The van der Waals surface area contributed by atoms with Crippen molar-refractivity contribution in [2.45, 2.75) is 60.2 Å². The standard InChI is InChI=1S/C14H24O/c1-7-11(4)8-9-12-13(14(12,5)6)15-10(2)3/h10-13H,7H2,1-6H3/t11-,12-,13-/m1/s1. The highest BCUT2D eigenvalue weighted by Crippen LogP contribution is 2.54. The second-order valence-electron chi connectivity index (χ2n) is 5.50. The molecule has 1 aliphatic rings. The first kappa shape index (κ1) is 12.6. The fraction of sp³-hybridized carbons (Fsp3) is 0.857. The third kappa shape index (κ3) is 2.98. The van der Waals surface area contributed by atoms with Crippen molar-refractivity contribution >= 4 is 0 Å². The molecule has 0 radical (unpaired) electrons. The Morgan fingerprint density at radius 3 is 2.33 bits per heavy atom. The van der Waals surface area contributed by atoms with E-state index in [1.54, 1.807) is 0 Å². The fourth-order valence-corrected chi connectivity index (χ4v) is 1.73. The minimum absolute atomic E-state index is 0.255. The SMILES string of the molecule is CC[C@@H](C)C#C[C@@H]1[C@@H](OC(C)C)C1(C)C. The molecule has 0 unspecified atom stereocenters. The van der Waals surface area contributed by atoms with Crippen molar-refractivity contribution in [3.63, 3.8) is 0 Å². The molecule has 0 amide bonds. The smallest absolute Gasteiger partial charge is 0.0785 e. The molecule has 0 aromatic rings. The van der Waals surface area contributed by atoms with Gasteiger partial charge >= 0.3 is 0 Å². The zero-order chi connectivity index (χ0) is 11.6. The summed E-state index contributed by atoms with van der Waals surface area (Å²) in [4.78, 5) is 0. The topological polar surface area (TPSA) is 9.23 Å². The van der Waals surface area contributed by atoms with Gasteiger partial charge in [-0.3, -0.25) is 0 Å². The molecule has 0 aliphatic heterocycles. The van der Waals surface area contributed by atoms with Crippen LogP contribution in [0.25, 0.3) is 0 Å². The summed E-state index contributed by atoms with van der Waals surface area (Å²) in [6.45, 7) is 13.0. The van der Waals surface area contributed by atoms with Crippen LogP contribution in [0.4, 0.5) is 0 Å². The summed E-state index contributed by atoms with van der Waals surface area (Å²) in [7, 11) is 0. The first-order valence-electron chi connectivity index (χ1n) is 6.06. The van der Waals surface area contributed by atoms with Crippen LogP contribution < -0.4 is 0 Å². The lowest BCUT2D eigenvalue weighted by molar-refractivity contribution is 0.0436. The Bertz CT molecular complexity index is 267. The maximum atomic E-state index is 5.85. The summed E-state index contributed by atoms with van der Waals surface area (Å²) >= 11 is 0. The van der Waals surface area contributed by atoms with Crippen molar-refractivity contribution in [1.29, 1.82) is 0 Å². The first-order chi connectivity index (χ1) is 6.89. The predicted molar refractivity (Wildman–Crippen MR) is 64.5 cm³/mol. The van der Waals surface area contributed by atoms with Crippen LogP contribution in [0.3, 0.4) is 0 Å². The maximum Gasteiger partial charge on any atom is 0.0785 e. The summed E-state index contributed by atoms with van der Waals surface area (Å²) in [5.74, 6) is 7.65. The number of hydrogen-bond donors (Lipinski definition) is 0. The van der Waals surface area contributed by atoms with Gasteiger partial charge in [0, 0.05) is 11.3 Å². The van der Waals surface area contributed by atoms with E-state index in [0.29, 0.717) is 24.0 Å². The van der Waals surface area contributed by atoms with E-state index in [-0.39, 0.29) is 5.41 Å². The molecule has 1 fully saturated rings. The van der Waals surface area contributed by atoms with Crippen LogP contribution >= 0.6 is 0 Å². The van der Waals surface area contributed by atoms with Crippen LogP contribution in [0, 0.1) is 29.1 Å². The monoisotopic (exact) mass is 208 g/mol. The highest BCUT2D eigenvalue weighted by atomic mass is 16.5. The van der Waals surface area contributed by atoms with Crippen molar-refractivity contribution in [3.8, 4) is 11.8 Å². The summed E-state index contributed by atoms with van der Waals surface area (Å²) in [6, 6.07) is 0. The van der Waals surface area contributed by atoms with Gasteiger partial charge in [-0.15, -0.1) is 0 Å². The molecule has 1 rings (SSSR count). The average molecular weight is 208 g/mol. The molecule has 0 heterocycles. The molecule has 0 bridgehead atoms. The summed E-state index contributed by atoms with van der Waals surface area (Å²) < 4.78 is 5.85. The maximum absolute atomic E-state index is 5.85. The molecule has 0 N–H and O–H groups in total. The van der Waals surface area contributed by atoms with Crippen LogP contribution in [0.15, 0.2) is 0 Å². The van der Waals surface area contributed by atoms with E-state index >= 15 is 0 Å². The van der Waals surface area contributed by atoms with Gasteiger partial charge in [0.25, 0.3) is 0 Å². The van der Waals surface area contributed by atoms with Crippen LogP contribution in [-0.2, 0) is 4.74 Å². The van der Waals surface area contributed by atoms with Crippen LogP contribution in [0.1, 0.15) is 48.0 Å². The minimum atomic E-state index is 0.255. The molecule has 1 nitrogen and oxygen atoms in total. The first-order valence-corrected chi connectivity index (χ1v) is 6.06. The Balaban J connectivity index is 2.53. The number of rotatable bonds is 3. The van der Waals surface area contributed by atoms with Crippen LogP contribution in [0.5, 0.6) is 0 Å². The van der Waals surface area contributed by atoms with Crippen molar-refractivity contribution in [2.75, 3.05) is 0 Å². The molecule has 15 heavy (non-hydrogen) atoms. The van der Waals surface area contributed by atoms with Gasteiger partial charge in [0.15, 0.2) is 0 Å². The van der Waals surface area contributed by atoms with E-state index < -0.39 is 0 Å². The third-order valence-electron chi connectivity index (χ3n) is 3.24. The normalized spacial score (nSPS) is 29.5. The van der Waals surface area contributed by atoms with Gasteiger partial charge in [0.05, 0.1) is 18.1 Å². The fourth-order valence-electron chi connectivity index (χ4n) is 1.73. The molecule has 0 saturated heterocycles. The van der Waals surface area contributed by atoms with Crippen LogP contribution in [0.2, 0.25) is 0 Å². The van der Waals surface area contributed by atoms with E-state index in [1.165, 1.54) is 0 Å². The Kier molecular flexibility index (Phi) is 3.84. The largest absolute Gasteiger partial charge is 0.374 e. The molecule has 1 heteroatoms. The Morgan fingerprint density at radius 1 is 1.27 bits per heavy atom. The van der Waals surface area contributed by atoms with E-state index in [4.69, 9.17) is 4.74 Å². The molecule has 0 spiro atoms. The Hall–Kier alpha value is -0.480. The Labute approximate surface area is 94.6 Å². The zero-order valence-corrected chi connectivity index (χ0v) is 10.9. The second-order valence-corrected chi connectivity index (χ2v) is 5.50. The van der Waals surface area contributed by atoms with Gasteiger partial charge < -0.3 is 4.74 Å². The summed E-state index contributed by atoms with van der Waals surface area (Å²) in [6.07, 6.45) is 1.79. The molecule has 3 atom stereocenters. The van der Waals surface area contributed by atoms with Crippen molar-refractivity contribution in [1.82, 2.24) is 0 Å². The van der Waals surface area contributed by atoms with E-state index in [1.807, 2.05) is 0 Å². The van der Waals surface area contributed by atoms with Gasteiger partial charge in [-0.05, 0) is 20.3 Å². The number of hydrogen-bond acceptors (Lipinski definition) is 1. The van der Waals surface area contributed by atoms with Gasteiger partial charge in [-0.1, -0.05) is 39.5 Å². The summed E-state index contributed by atoms with van der Waals surface area (Å²) in [5.41, 5.74) is 0.255. The quantitative estimate of drug-likeness (QED) is 0.645. The minimum Gasteiger partial charge on any atom is -0.374 e. The highest BCUT2D eigenvalue weighted by Gasteiger charge is 2.58. The van der Waals surface area contributed by atoms with E-state index in [9.17, 15) is 0 Å². The third-order valence-corrected chi connectivity index (χ3v) is 3.24. The molecule has 1 aliphatic carbocycles.